The fourth-order valence-electron chi connectivity index (χ4n) is 3.50. The van der Waals surface area contributed by atoms with E-state index in [0.29, 0.717) is 5.92 Å². The van der Waals surface area contributed by atoms with Gasteiger partial charge in [-0.15, -0.1) is 0 Å². The molecule has 2 amide bonds. The van der Waals surface area contributed by atoms with Gasteiger partial charge in [0.15, 0.2) is 0 Å². The normalized spacial score (nSPS) is 22.8. The quantitative estimate of drug-likeness (QED) is 0.711. The van der Waals surface area contributed by atoms with Gasteiger partial charge in [-0.2, -0.15) is 0 Å². The van der Waals surface area contributed by atoms with Gasteiger partial charge >= 0.3 is 6.03 Å². The number of fused-ring (bicyclic) bond motifs is 1. The van der Waals surface area contributed by atoms with Gasteiger partial charge in [-0.25, -0.2) is 4.79 Å². The van der Waals surface area contributed by atoms with Crippen molar-refractivity contribution in [1.29, 1.82) is 0 Å². The van der Waals surface area contributed by atoms with Crippen LogP contribution in [-0.2, 0) is 10.2 Å². The van der Waals surface area contributed by atoms with Gasteiger partial charge in [0, 0.05) is 13.2 Å². The molecule has 2 atom stereocenters. The molecule has 0 spiro atoms. The van der Waals surface area contributed by atoms with Crippen LogP contribution in [0.15, 0.2) is 24.3 Å². The highest BCUT2D eigenvalue weighted by Gasteiger charge is 2.32. The Kier molecular flexibility index (Phi) is 5.64. The van der Waals surface area contributed by atoms with E-state index in [2.05, 4.69) is 42.7 Å². The zero-order valence-electron chi connectivity index (χ0n) is 15.3. The SMILES string of the molecule is CC1(C)CCC(NC(=O)NCC(O)COCC2CC2)c2ccccc21. The molecule has 2 aliphatic rings. The first-order chi connectivity index (χ1) is 12.0. The number of carbonyl (C=O) groups excluding carboxylic acids is 1. The number of nitrogens with one attached hydrogen (secondary N) is 2. The zero-order valence-corrected chi connectivity index (χ0v) is 15.3. The third kappa shape index (κ3) is 4.95. The van der Waals surface area contributed by atoms with E-state index in [1.165, 1.54) is 24.0 Å². The van der Waals surface area contributed by atoms with Crippen molar-refractivity contribution in [3.05, 3.63) is 35.4 Å². The number of rotatable bonds is 7. The largest absolute Gasteiger partial charge is 0.389 e. The minimum absolute atomic E-state index is 0.0208. The molecule has 3 rings (SSSR count). The Labute approximate surface area is 150 Å². The second kappa shape index (κ2) is 7.75. The maximum Gasteiger partial charge on any atom is 0.315 e. The van der Waals surface area contributed by atoms with Crippen LogP contribution in [0.5, 0.6) is 0 Å². The Balaban J connectivity index is 1.46. The molecule has 2 unspecified atom stereocenters. The molecule has 138 valence electrons. The third-order valence-corrected chi connectivity index (χ3v) is 5.29. The zero-order chi connectivity index (χ0) is 17.9. The molecule has 5 heteroatoms. The van der Waals surface area contributed by atoms with Crippen molar-refractivity contribution in [2.24, 2.45) is 5.92 Å². The Hall–Kier alpha value is -1.59. The lowest BCUT2D eigenvalue weighted by Gasteiger charge is -2.37. The standard InChI is InChI=1S/C20H30N2O3/c1-20(2)10-9-18(16-5-3-4-6-17(16)20)22-19(24)21-11-15(23)13-25-12-14-7-8-14/h3-6,14-15,18,23H,7-13H2,1-2H3,(H2,21,22,24). The van der Waals surface area contributed by atoms with Crippen LogP contribution in [0.3, 0.4) is 0 Å². The highest BCUT2D eigenvalue weighted by Crippen LogP contribution is 2.41. The molecule has 0 saturated heterocycles. The molecule has 1 aromatic rings. The second-order valence-corrected chi connectivity index (χ2v) is 8.05. The number of ether oxygens (including phenoxy) is 1. The average molecular weight is 346 g/mol. The number of urea groups is 1. The maximum absolute atomic E-state index is 12.2. The molecule has 25 heavy (non-hydrogen) atoms. The van der Waals surface area contributed by atoms with Crippen molar-refractivity contribution in [3.63, 3.8) is 0 Å². The van der Waals surface area contributed by atoms with Crippen LogP contribution in [0, 0.1) is 5.92 Å². The van der Waals surface area contributed by atoms with Crippen molar-refractivity contribution < 1.29 is 14.6 Å². The van der Waals surface area contributed by atoms with Gasteiger partial charge in [0.05, 0.1) is 18.8 Å². The molecular formula is C20H30N2O3. The van der Waals surface area contributed by atoms with Crippen LogP contribution in [0.25, 0.3) is 0 Å². The number of aliphatic hydroxyl groups is 1. The van der Waals surface area contributed by atoms with Crippen LogP contribution in [0.1, 0.15) is 56.7 Å². The predicted octanol–water partition coefficient (Wildman–Crippen LogP) is 2.89. The number of carbonyl (C=O) groups is 1. The van der Waals surface area contributed by atoms with Gasteiger partial charge in [-0.05, 0) is 48.1 Å². The van der Waals surface area contributed by atoms with Crippen LogP contribution in [-0.4, -0.2) is 37.0 Å². The van der Waals surface area contributed by atoms with Gasteiger partial charge in [0.2, 0.25) is 0 Å². The van der Waals surface area contributed by atoms with E-state index in [1.54, 1.807) is 0 Å². The topological polar surface area (TPSA) is 70.6 Å². The molecule has 0 bridgehead atoms. The van der Waals surface area contributed by atoms with Crippen molar-refractivity contribution in [2.75, 3.05) is 19.8 Å². The molecule has 5 nitrogen and oxygen atoms in total. The molecule has 2 aliphatic carbocycles. The lowest BCUT2D eigenvalue weighted by molar-refractivity contribution is 0.0337. The molecule has 1 saturated carbocycles. The van der Waals surface area contributed by atoms with Crippen molar-refractivity contribution in [3.8, 4) is 0 Å². The first kappa shape index (κ1) is 18.2. The summed E-state index contributed by atoms with van der Waals surface area (Å²) in [6, 6.07) is 8.12. The summed E-state index contributed by atoms with van der Waals surface area (Å²) in [6.07, 6.45) is 3.76. The van der Waals surface area contributed by atoms with Crippen molar-refractivity contribution in [2.45, 2.75) is 57.1 Å². The van der Waals surface area contributed by atoms with E-state index < -0.39 is 6.10 Å². The molecule has 0 aliphatic heterocycles. The highest BCUT2D eigenvalue weighted by atomic mass is 16.5. The summed E-state index contributed by atoms with van der Waals surface area (Å²) in [4.78, 5) is 12.2. The van der Waals surface area contributed by atoms with E-state index in [-0.39, 0.29) is 30.6 Å². The smallest absolute Gasteiger partial charge is 0.315 e. The van der Waals surface area contributed by atoms with Gasteiger partial charge in [-0.1, -0.05) is 38.1 Å². The fraction of sp³-hybridized carbons (Fsp3) is 0.650. The second-order valence-electron chi connectivity index (χ2n) is 8.05. The molecule has 1 aromatic carbocycles. The number of hydrogen-bond acceptors (Lipinski definition) is 3. The number of amides is 2. The first-order valence-electron chi connectivity index (χ1n) is 9.35. The lowest BCUT2D eigenvalue weighted by Crippen LogP contribution is -2.44. The van der Waals surface area contributed by atoms with E-state index in [9.17, 15) is 9.90 Å². The van der Waals surface area contributed by atoms with Crippen molar-refractivity contribution >= 4 is 6.03 Å². The van der Waals surface area contributed by atoms with Gasteiger partial charge in [0.25, 0.3) is 0 Å². The summed E-state index contributed by atoms with van der Waals surface area (Å²) >= 11 is 0. The summed E-state index contributed by atoms with van der Waals surface area (Å²) in [6.45, 7) is 5.70. The number of hydrogen-bond donors (Lipinski definition) is 3. The number of benzene rings is 1. The average Bonchev–Trinajstić information content (AvgIpc) is 3.40. The Morgan fingerprint density at radius 1 is 1.32 bits per heavy atom. The van der Waals surface area contributed by atoms with E-state index in [4.69, 9.17) is 4.74 Å². The van der Waals surface area contributed by atoms with E-state index in [0.717, 1.165) is 19.4 Å². The van der Waals surface area contributed by atoms with Crippen LogP contribution in [0.2, 0.25) is 0 Å². The molecule has 0 radical (unpaired) electrons. The van der Waals surface area contributed by atoms with Gasteiger partial charge in [0.1, 0.15) is 0 Å². The summed E-state index contributed by atoms with van der Waals surface area (Å²) in [7, 11) is 0. The lowest BCUT2D eigenvalue weighted by atomic mass is 9.71. The van der Waals surface area contributed by atoms with Gasteiger partial charge in [-0.3, -0.25) is 0 Å². The molecule has 1 fully saturated rings. The summed E-state index contributed by atoms with van der Waals surface area (Å²) in [5, 5.41) is 15.7. The molecule has 0 aromatic heterocycles. The third-order valence-electron chi connectivity index (χ3n) is 5.29. The molecular weight excluding hydrogens is 316 g/mol. The van der Waals surface area contributed by atoms with E-state index >= 15 is 0 Å². The minimum atomic E-state index is -0.665. The Bertz CT molecular complexity index is 598. The summed E-state index contributed by atoms with van der Waals surface area (Å²) in [5.41, 5.74) is 2.64. The monoisotopic (exact) mass is 346 g/mol. The van der Waals surface area contributed by atoms with Crippen LogP contribution in [0.4, 0.5) is 4.79 Å². The summed E-state index contributed by atoms with van der Waals surface area (Å²) < 4.78 is 5.45. The molecule has 3 N–H and O–H groups in total. The number of aliphatic hydroxyl groups excluding tert-OH is 1. The highest BCUT2D eigenvalue weighted by molar-refractivity contribution is 5.74. The van der Waals surface area contributed by atoms with Crippen molar-refractivity contribution in [1.82, 2.24) is 10.6 Å². The Morgan fingerprint density at radius 3 is 2.84 bits per heavy atom. The van der Waals surface area contributed by atoms with Crippen LogP contribution >= 0.6 is 0 Å². The van der Waals surface area contributed by atoms with E-state index in [1.807, 2.05) is 6.07 Å². The van der Waals surface area contributed by atoms with Gasteiger partial charge < -0.3 is 20.5 Å². The fourth-order valence-corrected chi connectivity index (χ4v) is 3.50. The Morgan fingerprint density at radius 2 is 2.08 bits per heavy atom. The maximum atomic E-state index is 12.2. The molecule has 0 heterocycles. The minimum Gasteiger partial charge on any atom is -0.389 e. The first-order valence-corrected chi connectivity index (χ1v) is 9.35. The predicted molar refractivity (Wildman–Crippen MR) is 97.5 cm³/mol. The summed E-state index contributed by atoms with van der Waals surface area (Å²) in [5.74, 6) is 0.680. The van der Waals surface area contributed by atoms with Crippen LogP contribution < -0.4 is 10.6 Å².